The molecule has 2 nitrogen and oxygen atoms in total. The highest BCUT2D eigenvalue weighted by Crippen LogP contribution is 2.39. The van der Waals surface area contributed by atoms with Gasteiger partial charge in [0.05, 0.1) is 10.2 Å². The van der Waals surface area contributed by atoms with E-state index in [0.29, 0.717) is 5.56 Å². The number of benzene rings is 1. The number of thiophene rings is 1. The van der Waals surface area contributed by atoms with Crippen LogP contribution in [0.3, 0.4) is 0 Å². The molecule has 1 aromatic carbocycles. The Hall–Kier alpha value is -1.33. The molecule has 0 radical (unpaired) electrons. The number of fused-ring (bicyclic) bond motifs is 1. The molecule has 3 rings (SSSR count). The lowest BCUT2D eigenvalue weighted by Gasteiger charge is -2.03. The van der Waals surface area contributed by atoms with Crippen LogP contribution in [0.25, 0.3) is 21.3 Å². The summed E-state index contributed by atoms with van der Waals surface area (Å²) in [4.78, 5) is 0. The van der Waals surface area contributed by atoms with E-state index in [4.69, 9.17) is 0 Å². The average molecular weight is 322 g/mol. The van der Waals surface area contributed by atoms with Crippen molar-refractivity contribution in [3.63, 3.8) is 0 Å². The number of rotatable bonds is 2. The third-order valence-corrected chi connectivity index (χ3v) is 4.91. The maximum absolute atomic E-state index is 14.1. The zero-order valence-electron chi connectivity index (χ0n) is 12.9. The molecule has 112 valence electrons. The van der Waals surface area contributed by atoms with E-state index in [1.807, 2.05) is 56.3 Å². The van der Waals surface area contributed by atoms with Crippen LogP contribution in [0.2, 0.25) is 0 Å². The summed E-state index contributed by atoms with van der Waals surface area (Å²) in [6, 6.07) is 5.36. The lowest BCUT2D eigenvalue weighted by atomic mass is 10.1. The van der Waals surface area contributed by atoms with Crippen LogP contribution in [0.15, 0.2) is 28.6 Å². The molecule has 0 atom stereocenters. The zero-order valence-corrected chi connectivity index (χ0v) is 14.5. The van der Waals surface area contributed by atoms with Crippen LogP contribution in [0, 0.1) is 12.7 Å². The molecule has 0 bridgehead atoms. The highest BCUT2D eigenvalue weighted by molar-refractivity contribution is 7.98. The van der Waals surface area contributed by atoms with Gasteiger partial charge in [0.25, 0.3) is 0 Å². The predicted molar refractivity (Wildman–Crippen MR) is 91.9 cm³/mol. The van der Waals surface area contributed by atoms with Crippen molar-refractivity contribution in [2.24, 2.45) is 7.05 Å². The highest BCUT2D eigenvalue weighted by Gasteiger charge is 2.17. The van der Waals surface area contributed by atoms with E-state index in [1.54, 1.807) is 29.2 Å². The molecule has 0 unspecified atom stereocenters. The topological polar surface area (TPSA) is 17.8 Å². The molecule has 0 aliphatic rings. The molecular formula is C16H19FN2S2. The Morgan fingerprint density at radius 2 is 1.95 bits per heavy atom. The molecule has 0 saturated heterocycles. The van der Waals surface area contributed by atoms with Gasteiger partial charge in [-0.05, 0) is 24.8 Å². The highest BCUT2D eigenvalue weighted by atomic mass is 32.2. The predicted octanol–water partition coefficient (Wildman–Crippen LogP) is 5.50. The summed E-state index contributed by atoms with van der Waals surface area (Å²) >= 11 is 3.24. The van der Waals surface area contributed by atoms with Crippen molar-refractivity contribution in [2.75, 3.05) is 6.26 Å². The molecule has 0 aliphatic heterocycles. The number of aryl methyl sites for hydroxylation is 2. The van der Waals surface area contributed by atoms with Gasteiger partial charge in [-0.25, -0.2) is 4.39 Å². The summed E-state index contributed by atoms with van der Waals surface area (Å²) in [6.45, 7) is 5.89. The van der Waals surface area contributed by atoms with Gasteiger partial charge in [0, 0.05) is 23.6 Å². The normalized spacial score (nSPS) is 10.6. The number of halogens is 1. The van der Waals surface area contributed by atoms with Crippen molar-refractivity contribution in [3.05, 3.63) is 35.0 Å². The molecule has 2 heterocycles. The van der Waals surface area contributed by atoms with Crippen LogP contribution in [0.5, 0.6) is 0 Å². The molecule has 0 N–H and O–H groups in total. The van der Waals surface area contributed by atoms with Gasteiger partial charge >= 0.3 is 0 Å². The first-order valence-electron chi connectivity index (χ1n) is 6.86. The van der Waals surface area contributed by atoms with Crippen LogP contribution >= 0.6 is 23.1 Å². The minimum absolute atomic E-state index is 0.174. The van der Waals surface area contributed by atoms with E-state index < -0.39 is 0 Å². The van der Waals surface area contributed by atoms with Crippen molar-refractivity contribution < 1.29 is 4.39 Å². The maximum Gasteiger partial charge on any atom is 0.136 e. The fourth-order valence-electron chi connectivity index (χ4n) is 2.22. The quantitative estimate of drug-likeness (QED) is 0.580. The van der Waals surface area contributed by atoms with Crippen LogP contribution in [0.1, 0.15) is 19.4 Å². The summed E-state index contributed by atoms with van der Waals surface area (Å²) in [5, 5.41) is 7.48. The Morgan fingerprint density at radius 1 is 1.24 bits per heavy atom. The van der Waals surface area contributed by atoms with E-state index in [-0.39, 0.29) is 5.82 Å². The summed E-state index contributed by atoms with van der Waals surface area (Å²) < 4.78 is 17.1. The van der Waals surface area contributed by atoms with Crippen LogP contribution in [-0.4, -0.2) is 16.0 Å². The lowest BCUT2D eigenvalue weighted by Crippen LogP contribution is -1.92. The van der Waals surface area contributed by atoms with Gasteiger partial charge in [0.15, 0.2) is 0 Å². The number of nitrogens with zero attached hydrogens (tertiary/aromatic N) is 2. The SMILES string of the molecule is CC.CSc1nn(C)c2c(-c3ccc(C)cc3F)csc12. The first-order valence-corrected chi connectivity index (χ1v) is 8.97. The van der Waals surface area contributed by atoms with Gasteiger partial charge in [-0.15, -0.1) is 23.1 Å². The first-order chi connectivity index (χ1) is 10.1. The smallest absolute Gasteiger partial charge is 0.136 e. The maximum atomic E-state index is 14.1. The van der Waals surface area contributed by atoms with E-state index in [0.717, 1.165) is 26.4 Å². The monoisotopic (exact) mass is 322 g/mol. The van der Waals surface area contributed by atoms with E-state index in [9.17, 15) is 4.39 Å². The van der Waals surface area contributed by atoms with Gasteiger partial charge in [0.2, 0.25) is 0 Å². The molecule has 0 saturated carbocycles. The standard InChI is InChI=1S/C14H13FN2S2.C2H6/c1-8-4-5-9(11(15)6-8)10-7-19-13-12(10)17(2)16-14(13)18-3;1-2/h4-7H,1-3H3;1-2H3. The molecule has 0 spiro atoms. The Kier molecular flexibility index (Phi) is 5.06. The van der Waals surface area contributed by atoms with Crippen molar-refractivity contribution in [1.82, 2.24) is 9.78 Å². The second kappa shape index (κ2) is 6.62. The minimum atomic E-state index is -0.174. The molecule has 3 aromatic rings. The summed E-state index contributed by atoms with van der Waals surface area (Å²) in [5.74, 6) is -0.174. The zero-order chi connectivity index (χ0) is 15.6. The summed E-state index contributed by atoms with van der Waals surface area (Å²) in [7, 11) is 1.91. The van der Waals surface area contributed by atoms with Gasteiger partial charge in [-0.1, -0.05) is 26.0 Å². The third kappa shape index (κ3) is 2.85. The van der Waals surface area contributed by atoms with Gasteiger partial charge < -0.3 is 0 Å². The summed E-state index contributed by atoms with van der Waals surface area (Å²) in [6.07, 6.45) is 2.01. The molecule has 21 heavy (non-hydrogen) atoms. The number of hydrogen-bond acceptors (Lipinski definition) is 3. The summed E-state index contributed by atoms with van der Waals surface area (Å²) in [5.41, 5.74) is 3.51. The molecule has 0 fully saturated rings. The Bertz CT molecular complexity index is 759. The Balaban J connectivity index is 0.000000774. The van der Waals surface area contributed by atoms with Crippen LogP contribution < -0.4 is 0 Å². The van der Waals surface area contributed by atoms with Gasteiger partial charge in [-0.3, -0.25) is 4.68 Å². The molecule has 5 heteroatoms. The van der Waals surface area contributed by atoms with E-state index >= 15 is 0 Å². The Labute approximate surface area is 133 Å². The Morgan fingerprint density at radius 3 is 2.57 bits per heavy atom. The fraction of sp³-hybridized carbons (Fsp3) is 0.312. The molecule has 0 aliphatic carbocycles. The van der Waals surface area contributed by atoms with Crippen molar-refractivity contribution in [3.8, 4) is 11.1 Å². The van der Waals surface area contributed by atoms with Crippen molar-refractivity contribution >= 4 is 33.3 Å². The third-order valence-electron chi connectivity index (χ3n) is 3.13. The van der Waals surface area contributed by atoms with Gasteiger partial charge in [-0.2, -0.15) is 5.10 Å². The fourth-order valence-corrected chi connectivity index (χ4v) is 4.07. The minimum Gasteiger partial charge on any atom is -0.265 e. The van der Waals surface area contributed by atoms with E-state index in [1.165, 1.54) is 0 Å². The first kappa shape index (κ1) is 16.0. The molecule has 2 aromatic heterocycles. The number of aromatic nitrogens is 2. The largest absolute Gasteiger partial charge is 0.265 e. The lowest BCUT2D eigenvalue weighted by molar-refractivity contribution is 0.630. The second-order valence-corrected chi connectivity index (χ2v) is 6.12. The molecule has 0 amide bonds. The van der Waals surface area contributed by atoms with Crippen LogP contribution in [-0.2, 0) is 7.05 Å². The van der Waals surface area contributed by atoms with Crippen LogP contribution in [0.4, 0.5) is 4.39 Å². The number of hydrogen-bond donors (Lipinski definition) is 0. The average Bonchev–Trinajstić information content (AvgIpc) is 3.03. The van der Waals surface area contributed by atoms with Gasteiger partial charge in [0.1, 0.15) is 10.8 Å². The molecular weight excluding hydrogens is 303 g/mol. The van der Waals surface area contributed by atoms with E-state index in [2.05, 4.69) is 5.10 Å². The second-order valence-electron chi connectivity index (χ2n) is 4.44. The number of thioether (sulfide) groups is 1. The van der Waals surface area contributed by atoms with Crippen molar-refractivity contribution in [1.29, 1.82) is 0 Å². The van der Waals surface area contributed by atoms with Crippen molar-refractivity contribution in [2.45, 2.75) is 25.8 Å².